The number of hydrogen-bond acceptors (Lipinski definition) is 6. The summed E-state index contributed by atoms with van der Waals surface area (Å²) < 4.78 is 5.66. The van der Waals surface area contributed by atoms with Gasteiger partial charge in [0.15, 0.2) is 0 Å². The molecule has 0 aromatic heterocycles. The van der Waals surface area contributed by atoms with Crippen LogP contribution in [0.2, 0.25) is 0 Å². The van der Waals surface area contributed by atoms with Crippen LogP contribution in [0.3, 0.4) is 0 Å². The molecule has 2 fully saturated rings. The maximum atomic E-state index is 13.5. The molecule has 6 rings (SSSR count). The number of hydrogen-bond donors (Lipinski definition) is 3. The van der Waals surface area contributed by atoms with Crippen molar-refractivity contribution < 1.29 is 23.9 Å². The van der Waals surface area contributed by atoms with Crippen molar-refractivity contribution in [2.45, 2.75) is 48.7 Å². The third-order valence-corrected chi connectivity index (χ3v) is 9.58. The normalized spacial score (nSPS) is 21.6. The first kappa shape index (κ1) is 27.8. The van der Waals surface area contributed by atoms with Gasteiger partial charge in [0.1, 0.15) is 24.7 Å². The van der Waals surface area contributed by atoms with Crippen LogP contribution in [-0.4, -0.2) is 64.6 Å². The van der Waals surface area contributed by atoms with Crippen LogP contribution in [0.25, 0.3) is 11.1 Å². The van der Waals surface area contributed by atoms with Gasteiger partial charge in [-0.3, -0.25) is 14.4 Å². The van der Waals surface area contributed by atoms with Gasteiger partial charge in [-0.25, -0.2) is 4.79 Å². The molecule has 0 radical (unpaired) electrons. The predicted molar refractivity (Wildman–Crippen MR) is 159 cm³/mol. The summed E-state index contributed by atoms with van der Waals surface area (Å²) >= 11 is 1.53. The molecule has 3 aromatic rings. The average molecular weight is 585 g/mol. The Kier molecular flexibility index (Phi) is 7.88. The lowest BCUT2D eigenvalue weighted by atomic mass is 9.98. The first-order valence-corrected chi connectivity index (χ1v) is 15.1. The number of piperidine rings is 1. The Morgan fingerprint density at radius 3 is 2.24 bits per heavy atom. The standard InChI is InChI=1S/C32H32N4O5S/c33-29(37)26(16-19-8-2-1-3-9-19)34-30(38)27-18-42-28-15-14-25(31(39)36(27)28)35-32(40)41-17-24-22-12-6-4-10-20(22)21-11-5-7-13-23(21)24/h1-13,24-28H,14-18H2,(H2,33,37)(H,34,38)(H,35,40)/t25-,26+,27-,28-/m0/s1. The lowest BCUT2D eigenvalue weighted by molar-refractivity contribution is -0.144. The van der Waals surface area contributed by atoms with Crippen molar-refractivity contribution >= 4 is 35.6 Å². The van der Waals surface area contributed by atoms with Gasteiger partial charge in [0.2, 0.25) is 17.7 Å². The van der Waals surface area contributed by atoms with Gasteiger partial charge in [0.05, 0.1) is 5.37 Å². The smallest absolute Gasteiger partial charge is 0.407 e. The molecule has 0 spiro atoms. The topological polar surface area (TPSA) is 131 Å². The van der Waals surface area contributed by atoms with E-state index in [1.165, 1.54) is 11.8 Å². The minimum Gasteiger partial charge on any atom is -0.449 e. The second-order valence-corrected chi connectivity index (χ2v) is 12.0. The summed E-state index contributed by atoms with van der Waals surface area (Å²) in [6.07, 6.45) is 0.657. The van der Waals surface area contributed by atoms with E-state index in [1.807, 2.05) is 66.7 Å². The van der Waals surface area contributed by atoms with Gasteiger partial charge < -0.3 is 26.0 Å². The summed E-state index contributed by atoms with van der Waals surface area (Å²) in [5.74, 6) is -1.10. The molecule has 3 aliphatic rings. The van der Waals surface area contributed by atoms with E-state index in [9.17, 15) is 19.2 Å². The second kappa shape index (κ2) is 11.9. The minimum absolute atomic E-state index is 0.0910. The number of ether oxygens (including phenoxy) is 1. The van der Waals surface area contributed by atoms with Gasteiger partial charge in [-0.15, -0.1) is 11.8 Å². The summed E-state index contributed by atoms with van der Waals surface area (Å²) in [4.78, 5) is 53.4. The van der Waals surface area contributed by atoms with Crippen molar-refractivity contribution in [2.24, 2.45) is 5.73 Å². The summed E-state index contributed by atoms with van der Waals surface area (Å²) in [5, 5.41) is 5.32. The van der Waals surface area contributed by atoms with Gasteiger partial charge in [-0.2, -0.15) is 0 Å². The van der Waals surface area contributed by atoms with Crippen LogP contribution in [0.4, 0.5) is 4.79 Å². The molecule has 4 atom stereocenters. The Morgan fingerprint density at radius 2 is 1.57 bits per heavy atom. The largest absolute Gasteiger partial charge is 0.449 e. The molecule has 1 aliphatic carbocycles. The third-order valence-electron chi connectivity index (χ3n) is 8.23. The molecule has 0 unspecified atom stereocenters. The van der Waals surface area contributed by atoms with Crippen LogP contribution in [-0.2, 0) is 25.5 Å². The van der Waals surface area contributed by atoms with E-state index in [-0.39, 0.29) is 30.2 Å². The van der Waals surface area contributed by atoms with Crippen LogP contribution in [0, 0.1) is 0 Å². The number of primary amides is 1. The van der Waals surface area contributed by atoms with Crippen molar-refractivity contribution in [1.29, 1.82) is 0 Å². The van der Waals surface area contributed by atoms with Gasteiger partial charge in [-0.05, 0) is 40.7 Å². The molecule has 4 amide bonds. The average Bonchev–Trinajstić information content (AvgIpc) is 3.58. The van der Waals surface area contributed by atoms with Crippen molar-refractivity contribution in [2.75, 3.05) is 12.4 Å². The van der Waals surface area contributed by atoms with Gasteiger partial charge in [0.25, 0.3) is 0 Å². The molecule has 0 bridgehead atoms. The van der Waals surface area contributed by atoms with Crippen LogP contribution in [0.15, 0.2) is 78.9 Å². The lowest BCUT2D eigenvalue weighted by Crippen LogP contribution is -2.60. The fraction of sp³-hybridized carbons (Fsp3) is 0.312. The number of nitrogens with two attached hydrogens (primary N) is 1. The highest BCUT2D eigenvalue weighted by atomic mass is 32.2. The zero-order valence-electron chi connectivity index (χ0n) is 22.9. The number of fused-ring (bicyclic) bond motifs is 4. The van der Waals surface area contributed by atoms with E-state index >= 15 is 0 Å². The van der Waals surface area contributed by atoms with Crippen LogP contribution in [0.1, 0.15) is 35.4 Å². The molecule has 2 saturated heterocycles. The van der Waals surface area contributed by atoms with Crippen LogP contribution >= 0.6 is 11.8 Å². The van der Waals surface area contributed by atoms with E-state index in [1.54, 1.807) is 4.90 Å². The number of carbonyl (C=O) groups excluding carboxylic acids is 4. The predicted octanol–water partition coefficient (Wildman–Crippen LogP) is 3.17. The number of amides is 4. The number of rotatable bonds is 8. The monoisotopic (exact) mass is 584 g/mol. The van der Waals surface area contributed by atoms with E-state index in [0.29, 0.717) is 18.6 Å². The Balaban J connectivity index is 1.08. The molecule has 2 aliphatic heterocycles. The summed E-state index contributed by atoms with van der Waals surface area (Å²) in [7, 11) is 0. The highest BCUT2D eigenvalue weighted by Gasteiger charge is 2.47. The molecule has 10 heteroatoms. The maximum absolute atomic E-state index is 13.5. The number of benzene rings is 3. The molecule has 3 aromatic carbocycles. The van der Waals surface area contributed by atoms with Gasteiger partial charge in [0, 0.05) is 18.1 Å². The number of thioether (sulfide) groups is 1. The van der Waals surface area contributed by atoms with Crippen LogP contribution in [0.5, 0.6) is 0 Å². The summed E-state index contributed by atoms with van der Waals surface area (Å²) in [6.45, 7) is 0.143. The molecule has 4 N–H and O–H groups in total. The van der Waals surface area contributed by atoms with Gasteiger partial charge >= 0.3 is 6.09 Å². The van der Waals surface area contributed by atoms with E-state index in [4.69, 9.17) is 10.5 Å². The highest BCUT2D eigenvalue weighted by Crippen LogP contribution is 2.44. The van der Waals surface area contributed by atoms with Crippen molar-refractivity contribution in [3.8, 4) is 11.1 Å². The Labute approximate surface area is 248 Å². The molecular weight excluding hydrogens is 552 g/mol. The third kappa shape index (κ3) is 5.46. The Bertz CT molecular complexity index is 1470. The van der Waals surface area contributed by atoms with E-state index in [0.717, 1.165) is 27.8 Å². The molecule has 216 valence electrons. The summed E-state index contributed by atoms with van der Waals surface area (Å²) in [6, 6.07) is 23.0. The molecule has 42 heavy (non-hydrogen) atoms. The number of alkyl carbamates (subject to hydrolysis) is 1. The summed E-state index contributed by atoms with van der Waals surface area (Å²) in [5.41, 5.74) is 10.9. The first-order valence-electron chi connectivity index (χ1n) is 14.1. The van der Waals surface area contributed by atoms with E-state index < -0.39 is 36.0 Å². The highest BCUT2D eigenvalue weighted by molar-refractivity contribution is 8.00. The number of nitrogens with zero attached hydrogens (tertiary/aromatic N) is 1. The Morgan fingerprint density at radius 1 is 0.929 bits per heavy atom. The zero-order valence-corrected chi connectivity index (χ0v) is 23.7. The molecular formula is C32H32N4O5S. The second-order valence-electron chi connectivity index (χ2n) is 10.8. The van der Waals surface area contributed by atoms with Crippen molar-refractivity contribution in [1.82, 2.24) is 15.5 Å². The Hall–Kier alpha value is -4.31. The number of carbonyl (C=O) groups is 4. The molecule has 0 saturated carbocycles. The van der Waals surface area contributed by atoms with Crippen LogP contribution < -0.4 is 16.4 Å². The maximum Gasteiger partial charge on any atom is 0.407 e. The van der Waals surface area contributed by atoms with E-state index in [2.05, 4.69) is 22.8 Å². The fourth-order valence-electron chi connectivity index (χ4n) is 6.15. The lowest BCUT2D eigenvalue weighted by Gasteiger charge is -2.37. The first-order chi connectivity index (χ1) is 20.4. The zero-order chi connectivity index (χ0) is 29.2. The van der Waals surface area contributed by atoms with Gasteiger partial charge in [-0.1, -0.05) is 78.9 Å². The quantitative estimate of drug-likeness (QED) is 0.373. The molecule has 2 heterocycles. The SMILES string of the molecule is NC(=O)[C@@H](Cc1ccccc1)NC(=O)[C@@H]1CS[C@H]2CC[C@H](NC(=O)OCC3c4ccccc4-c4ccccc43)C(=O)N21. The van der Waals surface area contributed by atoms with Crippen molar-refractivity contribution in [3.63, 3.8) is 0 Å². The fourth-order valence-corrected chi connectivity index (χ4v) is 7.58. The minimum atomic E-state index is -0.904. The number of nitrogens with one attached hydrogen (secondary N) is 2. The van der Waals surface area contributed by atoms with Crippen molar-refractivity contribution in [3.05, 3.63) is 95.6 Å². The molecule has 9 nitrogen and oxygen atoms in total.